The van der Waals surface area contributed by atoms with Crippen LogP contribution in [0.3, 0.4) is 0 Å². The maximum absolute atomic E-state index is 5.78. The lowest BCUT2D eigenvalue weighted by molar-refractivity contribution is 0.119. The molecule has 1 unspecified atom stereocenters. The summed E-state index contributed by atoms with van der Waals surface area (Å²) in [4.78, 5) is 4.50. The second-order valence-electron chi connectivity index (χ2n) is 4.60. The number of hydrogen-bond acceptors (Lipinski definition) is 7. The maximum atomic E-state index is 5.78. The molecule has 3 rings (SSSR count). The van der Waals surface area contributed by atoms with Crippen LogP contribution in [0.2, 0.25) is 0 Å². The van der Waals surface area contributed by atoms with Gasteiger partial charge in [-0.2, -0.15) is 0 Å². The molecular weight excluding hydrogens is 302 g/mol. The van der Waals surface area contributed by atoms with Crippen LogP contribution in [0.1, 0.15) is 23.7 Å². The normalized spacial score (nSPS) is 12.3. The van der Waals surface area contributed by atoms with E-state index in [1.54, 1.807) is 23.1 Å². The quantitative estimate of drug-likeness (QED) is 0.695. The van der Waals surface area contributed by atoms with E-state index in [1.165, 1.54) is 6.33 Å². The van der Waals surface area contributed by atoms with Crippen molar-refractivity contribution in [2.75, 3.05) is 7.11 Å². The van der Waals surface area contributed by atoms with Crippen molar-refractivity contribution in [1.82, 2.24) is 25.2 Å². The van der Waals surface area contributed by atoms with E-state index in [4.69, 9.17) is 9.47 Å². The molecule has 1 aromatic carbocycles. The van der Waals surface area contributed by atoms with Gasteiger partial charge in [0, 0.05) is 18.6 Å². The fraction of sp³-hybridized carbons (Fsp3) is 0.286. The van der Waals surface area contributed by atoms with E-state index in [1.807, 2.05) is 36.6 Å². The molecule has 3 aromatic rings. The molecule has 7 nitrogen and oxygen atoms in total. The number of hydrogen-bond donors (Lipinski definition) is 0. The lowest BCUT2D eigenvalue weighted by Crippen LogP contribution is -2.00. The van der Waals surface area contributed by atoms with Gasteiger partial charge >= 0.3 is 0 Å². The highest BCUT2D eigenvalue weighted by molar-refractivity contribution is 7.09. The molecule has 8 heteroatoms. The molecule has 0 spiro atoms. The fourth-order valence-corrected chi connectivity index (χ4v) is 2.66. The first-order valence-electron chi connectivity index (χ1n) is 6.69. The lowest BCUT2D eigenvalue weighted by Gasteiger charge is -2.06. The molecule has 0 radical (unpaired) electrons. The Morgan fingerprint density at radius 3 is 3.05 bits per heavy atom. The zero-order valence-corrected chi connectivity index (χ0v) is 13.0. The van der Waals surface area contributed by atoms with Gasteiger partial charge in [0.2, 0.25) is 0 Å². The fourth-order valence-electron chi connectivity index (χ4n) is 1.83. The average Bonchev–Trinajstić information content (AvgIpc) is 3.24. The smallest absolute Gasteiger partial charge is 0.143 e. The third-order valence-corrected chi connectivity index (χ3v) is 4.14. The van der Waals surface area contributed by atoms with Crippen LogP contribution in [0, 0.1) is 0 Å². The predicted molar refractivity (Wildman–Crippen MR) is 81.0 cm³/mol. The van der Waals surface area contributed by atoms with Crippen LogP contribution >= 0.6 is 11.3 Å². The highest BCUT2D eigenvalue weighted by atomic mass is 32.1. The van der Waals surface area contributed by atoms with Gasteiger partial charge in [0.15, 0.2) is 0 Å². The van der Waals surface area contributed by atoms with Gasteiger partial charge < -0.3 is 9.47 Å². The third-order valence-electron chi connectivity index (χ3n) is 3.09. The van der Waals surface area contributed by atoms with Crippen molar-refractivity contribution in [2.24, 2.45) is 0 Å². The van der Waals surface area contributed by atoms with E-state index in [9.17, 15) is 0 Å². The predicted octanol–water partition coefficient (Wildman–Crippen LogP) is 2.41. The monoisotopic (exact) mass is 317 g/mol. The summed E-state index contributed by atoms with van der Waals surface area (Å²) in [7, 11) is 1.67. The van der Waals surface area contributed by atoms with E-state index < -0.39 is 0 Å². The van der Waals surface area contributed by atoms with Gasteiger partial charge in [-0.05, 0) is 29.5 Å². The molecule has 0 fully saturated rings. The van der Waals surface area contributed by atoms with Crippen molar-refractivity contribution in [3.63, 3.8) is 0 Å². The first-order chi connectivity index (χ1) is 10.8. The van der Waals surface area contributed by atoms with Gasteiger partial charge in [-0.1, -0.05) is 6.07 Å². The minimum Gasteiger partial charge on any atom is -0.487 e. The van der Waals surface area contributed by atoms with E-state index in [-0.39, 0.29) is 6.10 Å². The number of methoxy groups -OCH3 is 1. The Kier molecular flexibility index (Phi) is 4.40. The standard InChI is InChI=1S/C14H15N5O2S/c1-10(20-2)14-16-11(8-22-14)7-21-13-5-3-4-12(6-13)19-9-15-17-18-19/h3-6,8-10H,7H2,1-2H3. The zero-order valence-electron chi connectivity index (χ0n) is 12.2. The molecule has 0 N–H and O–H groups in total. The molecule has 0 amide bonds. The number of benzene rings is 1. The minimum atomic E-state index is 0.00175. The molecule has 0 aliphatic rings. The topological polar surface area (TPSA) is 75.0 Å². The Hall–Kier alpha value is -2.32. The zero-order chi connectivity index (χ0) is 15.4. The van der Waals surface area contributed by atoms with Crippen molar-refractivity contribution < 1.29 is 9.47 Å². The molecule has 0 aliphatic heterocycles. The highest BCUT2D eigenvalue weighted by Crippen LogP contribution is 2.22. The largest absolute Gasteiger partial charge is 0.487 e. The van der Waals surface area contributed by atoms with Crippen molar-refractivity contribution in [3.05, 3.63) is 46.7 Å². The Labute approximate surface area is 131 Å². The number of nitrogens with zero attached hydrogens (tertiary/aromatic N) is 5. The molecule has 2 aromatic heterocycles. The molecule has 22 heavy (non-hydrogen) atoms. The van der Waals surface area contributed by atoms with Crippen LogP contribution in [0.25, 0.3) is 5.69 Å². The number of thiazole rings is 1. The first-order valence-corrected chi connectivity index (χ1v) is 7.57. The molecule has 2 heterocycles. The van der Waals surface area contributed by atoms with Crippen LogP contribution in [0.4, 0.5) is 0 Å². The summed E-state index contributed by atoms with van der Waals surface area (Å²) in [6.07, 6.45) is 1.54. The summed E-state index contributed by atoms with van der Waals surface area (Å²) >= 11 is 1.57. The summed E-state index contributed by atoms with van der Waals surface area (Å²) < 4.78 is 12.6. The molecular formula is C14H15N5O2S. The molecule has 0 bridgehead atoms. The van der Waals surface area contributed by atoms with Crippen molar-refractivity contribution in [3.8, 4) is 11.4 Å². The van der Waals surface area contributed by atoms with Crippen LogP contribution < -0.4 is 4.74 Å². The molecule has 1 atom stereocenters. The van der Waals surface area contributed by atoms with Crippen LogP contribution in [-0.2, 0) is 11.3 Å². The van der Waals surface area contributed by atoms with Crippen LogP contribution in [-0.4, -0.2) is 32.3 Å². The van der Waals surface area contributed by atoms with E-state index in [2.05, 4.69) is 20.5 Å². The number of ether oxygens (including phenoxy) is 2. The molecule has 114 valence electrons. The number of tetrazole rings is 1. The van der Waals surface area contributed by atoms with Crippen LogP contribution in [0.15, 0.2) is 36.0 Å². The first kappa shape index (κ1) is 14.6. The SMILES string of the molecule is COC(C)c1nc(COc2cccc(-n3cnnn3)c2)cs1. The van der Waals surface area contributed by atoms with Crippen molar-refractivity contribution >= 4 is 11.3 Å². The summed E-state index contributed by atoms with van der Waals surface area (Å²) in [6.45, 7) is 2.38. The third kappa shape index (κ3) is 3.29. The second-order valence-corrected chi connectivity index (χ2v) is 5.49. The molecule has 0 aliphatic carbocycles. The minimum absolute atomic E-state index is 0.00175. The maximum Gasteiger partial charge on any atom is 0.143 e. The Bertz CT molecular complexity index is 728. The van der Waals surface area contributed by atoms with Gasteiger partial charge in [-0.15, -0.1) is 16.4 Å². The van der Waals surface area contributed by atoms with Gasteiger partial charge in [0.05, 0.1) is 11.4 Å². The van der Waals surface area contributed by atoms with Gasteiger partial charge in [0.25, 0.3) is 0 Å². The molecule has 0 saturated heterocycles. The van der Waals surface area contributed by atoms with Gasteiger partial charge in [-0.25, -0.2) is 9.67 Å². The summed E-state index contributed by atoms with van der Waals surface area (Å²) in [5.41, 5.74) is 1.73. The lowest BCUT2D eigenvalue weighted by atomic mass is 10.3. The van der Waals surface area contributed by atoms with E-state index in [0.717, 1.165) is 22.1 Å². The molecule has 0 saturated carbocycles. The summed E-state index contributed by atoms with van der Waals surface area (Å²) in [5, 5.41) is 14.0. The van der Waals surface area contributed by atoms with E-state index >= 15 is 0 Å². The number of rotatable bonds is 6. The van der Waals surface area contributed by atoms with E-state index in [0.29, 0.717) is 6.61 Å². The Morgan fingerprint density at radius 1 is 1.36 bits per heavy atom. The Morgan fingerprint density at radius 2 is 2.27 bits per heavy atom. The second kappa shape index (κ2) is 6.63. The number of aromatic nitrogens is 5. The van der Waals surface area contributed by atoms with Gasteiger partial charge in [0.1, 0.15) is 29.8 Å². The van der Waals surface area contributed by atoms with Crippen molar-refractivity contribution in [2.45, 2.75) is 19.6 Å². The summed E-state index contributed by atoms with van der Waals surface area (Å²) in [5.74, 6) is 0.738. The van der Waals surface area contributed by atoms with Crippen LogP contribution in [0.5, 0.6) is 5.75 Å². The highest BCUT2D eigenvalue weighted by Gasteiger charge is 2.10. The average molecular weight is 317 g/mol. The van der Waals surface area contributed by atoms with Gasteiger partial charge in [-0.3, -0.25) is 0 Å². The summed E-state index contributed by atoms with van der Waals surface area (Å²) in [6, 6.07) is 7.57. The Balaban J connectivity index is 1.66. The van der Waals surface area contributed by atoms with Crippen molar-refractivity contribution in [1.29, 1.82) is 0 Å².